The molecule has 1 atom stereocenters. The summed E-state index contributed by atoms with van der Waals surface area (Å²) in [6.45, 7) is 0.660. The van der Waals surface area contributed by atoms with E-state index < -0.39 is 0 Å². The molecule has 3 heteroatoms. The van der Waals surface area contributed by atoms with Crippen molar-refractivity contribution in [1.82, 2.24) is 0 Å². The van der Waals surface area contributed by atoms with Crippen LogP contribution in [0, 0.1) is 0 Å². The number of rotatable bonds is 4. The van der Waals surface area contributed by atoms with Gasteiger partial charge in [0, 0.05) is 0 Å². The van der Waals surface area contributed by atoms with Gasteiger partial charge in [-0.15, -0.1) is 0 Å². The third-order valence-electron chi connectivity index (χ3n) is 1.54. The van der Waals surface area contributed by atoms with E-state index in [1.165, 1.54) is 5.56 Å². The van der Waals surface area contributed by atoms with Crippen LogP contribution in [0.4, 0.5) is 0 Å². The van der Waals surface area contributed by atoms with Gasteiger partial charge >= 0.3 is 85.7 Å². The van der Waals surface area contributed by atoms with Gasteiger partial charge in [-0.2, -0.15) is 0 Å². The predicted molar refractivity (Wildman–Crippen MR) is 53.0 cm³/mol. The third-order valence-corrected chi connectivity index (χ3v) is 2.63. The van der Waals surface area contributed by atoms with E-state index in [2.05, 4.69) is 28.1 Å². The fraction of sp³-hybridized carbons (Fsp3) is 0.333. The molecule has 1 aromatic rings. The predicted octanol–water partition coefficient (Wildman–Crippen LogP) is 1.84. The van der Waals surface area contributed by atoms with Gasteiger partial charge in [-0.1, -0.05) is 0 Å². The van der Waals surface area contributed by atoms with Crippen LogP contribution in [0.3, 0.4) is 0 Å². The van der Waals surface area contributed by atoms with E-state index >= 15 is 0 Å². The molecule has 0 heterocycles. The standard InChI is InChI=1S/C9H11ClOSe/c10-7-11-6-9(12)8-4-2-1-3-5-8/h1-5,9,12H,6-7H2. The Balaban J connectivity index is 2.48. The molecule has 1 nitrogen and oxygen atoms in total. The normalized spacial score (nSPS) is 12.8. The van der Waals surface area contributed by atoms with E-state index in [4.69, 9.17) is 16.3 Å². The Morgan fingerprint density at radius 3 is 2.58 bits per heavy atom. The van der Waals surface area contributed by atoms with Gasteiger partial charge in [0.1, 0.15) is 0 Å². The van der Waals surface area contributed by atoms with Crippen molar-refractivity contribution >= 4 is 27.6 Å². The average Bonchev–Trinajstić information content (AvgIpc) is 2.15. The molecular weight excluding hydrogens is 239 g/mol. The van der Waals surface area contributed by atoms with E-state index in [0.29, 0.717) is 11.4 Å². The van der Waals surface area contributed by atoms with Crippen molar-refractivity contribution in [2.75, 3.05) is 12.7 Å². The average molecular weight is 250 g/mol. The Bertz CT molecular complexity index is 215. The van der Waals surface area contributed by atoms with Crippen LogP contribution >= 0.6 is 11.6 Å². The zero-order valence-corrected chi connectivity index (χ0v) is 9.24. The van der Waals surface area contributed by atoms with Crippen molar-refractivity contribution in [2.45, 2.75) is 4.82 Å². The Morgan fingerprint density at radius 1 is 1.33 bits per heavy atom. The van der Waals surface area contributed by atoms with Crippen LogP contribution in [-0.4, -0.2) is 28.7 Å². The maximum absolute atomic E-state index is 5.40. The van der Waals surface area contributed by atoms with Gasteiger partial charge in [-0.25, -0.2) is 0 Å². The van der Waals surface area contributed by atoms with Crippen LogP contribution in [0.1, 0.15) is 10.4 Å². The number of hydrogen-bond donors (Lipinski definition) is 0. The minimum atomic E-state index is 0.265. The summed E-state index contributed by atoms with van der Waals surface area (Å²) >= 11 is 7.99. The molecule has 1 unspecified atom stereocenters. The Hall–Kier alpha value is -0.0105. The molecule has 1 aromatic carbocycles. The summed E-state index contributed by atoms with van der Waals surface area (Å²) in [7, 11) is 0. The number of alkyl halides is 1. The van der Waals surface area contributed by atoms with Crippen LogP contribution in [0.25, 0.3) is 0 Å². The van der Waals surface area contributed by atoms with Gasteiger partial charge in [-0.05, 0) is 0 Å². The molecule has 0 amide bonds. The van der Waals surface area contributed by atoms with Crippen molar-refractivity contribution in [3.05, 3.63) is 35.9 Å². The fourth-order valence-corrected chi connectivity index (χ4v) is 1.60. The SMILES string of the molecule is ClCOCC([SeH])c1ccccc1. The van der Waals surface area contributed by atoms with Gasteiger partial charge < -0.3 is 0 Å². The Morgan fingerprint density at radius 2 is 2.00 bits per heavy atom. The summed E-state index contributed by atoms with van der Waals surface area (Å²) < 4.78 is 5.10. The molecule has 0 aliphatic rings. The van der Waals surface area contributed by atoms with Crippen molar-refractivity contribution < 1.29 is 4.74 Å². The summed E-state index contributed by atoms with van der Waals surface area (Å²) in [6.07, 6.45) is 0. The minimum absolute atomic E-state index is 0.265. The first kappa shape index (κ1) is 10.1. The molecule has 0 aromatic heterocycles. The number of halogens is 1. The monoisotopic (exact) mass is 250 g/mol. The van der Waals surface area contributed by atoms with Gasteiger partial charge in [0.05, 0.1) is 0 Å². The summed E-state index contributed by atoms with van der Waals surface area (Å²) in [6, 6.07) is 10.5. The molecule has 0 aliphatic carbocycles. The molecule has 66 valence electrons. The maximum atomic E-state index is 5.40. The van der Waals surface area contributed by atoms with Crippen molar-refractivity contribution in [3.8, 4) is 0 Å². The third kappa shape index (κ3) is 3.16. The molecule has 0 radical (unpaired) electrons. The second-order valence-corrected chi connectivity index (χ2v) is 3.93. The van der Waals surface area contributed by atoms with E-state index in [1.807, 2.05) is 18.2 Å². The van der Waals surface area contributed by atoms with E-state index in [9.17, 15) is 0 Å². The summed E-state index contributed by atoms with van der Waals surface area (Å²) in [4.78, 5) is 0.359. The molecule has 0 N–H and O–H groups in total. The quantitative estimate of drug-likeness (QED) is 0.584. The molecule has 1 rings (SSSR count). The van der Waals surface area contributed by atoms with Crippen LogP contribution in [0.2, 0.25) is 0 Å². The first-order valence-electron chi connectivity index (χ1n) is 3.71. The fourth-order valence-electron chi connectivity index (χ4n) is 0.928. The Labute approximate surface area is 85.9 Å². The van der Waals surface area contributed by atoms with Gasteiger partial charge in [0.25, 0.3) is 0 Å². The van der Waals surface area contributed by atoms with Gasteiger partial charge in [0.2, 0.25) is 0 Å². The second-order valence-electron chi connectivity index (χ2n) is 2.41. The summed E-state index contributed by atoms with van der Waals surface area (Å²) in [5, 5.41) is 0. The molecule has 0 aliphatic heterocycles. The molecule has 0 fully saturated rings. The zero-order chi connectivity index (χ0) is 8.81. The molecule has 12 heavy (non-hydrogen) atoms. The van der Waals surface area contributed by atoms with E-state index in [0.717, 1.165) is 0 Å². The molecular formula is C9H11ClOSe. The summed E-state index contributed by atoms with van der Waals surface area (Å²) in [5.74, 6) is 0. The topological polar surface area (TPSA) is 9.23 Å². The first-order chi connectivity index (χ1) is 5.84. The summed E-state index contributed by atoms with van der Waals surface area (Å²) in [5.41, 5.74) is 1.27. The molecule has 0 spiro atoms. The second kappa shape index (κ2) is 5.60. The zero-order valence-electron chi connectivity index (χ0n) is 6.61. The van der Waals surface area contributed by atoms with Crippen molar-refractivity contribution in [2.24, 2.45) is 0 Å². The van der Waals surface area contributed by atoms with Gasteiger partial charge in [-0.3, -0.25) is 0 Å². The van der Waals surface area contributed by atoms with Crippen LogP contribution in [0.5, 0.6) is 0 Å². The molecule has 0 saturated carbocycles. The number of ether oxygens (including phenoxy) is 1. The van der Waals surface area contributed by atoms with Crippen molar-refractivity contribution in [3.63, 3.8) is 0 Å². The first-order valence-corrected chi connectivity index (χ1v) is 5.33. The van der Waals surface area contributed by atoms with Crippen LogP contribution in [0.15, 0.2) is 30.3 Å². The van der Waals surface area contributed by atoms with Crippen molar-refractivity contribution in [1.29, 1.82) is 0 Å². The molecule has 0 bridgehead atoms. The molecule has 0 saturated heterocycles. The van der Waals surface area contributed by atoms with E-state index in [-0.39, 0.29) is 6.07 Å². The van der Waals surface area contributed by atoms with E-state index in [1.54, 1.807) is 0 Å². The Kier molecular flexibility index (Phi) is 4.70. The van der Waals surface area contributed by atoms with Crippen LogP contribution in [-0.2, 0) is 4.74 Å². The van der Waals surface area contributed by atoms with Gasteiger partial charge in [0.15, 0.2) is 0 Å². The van der Waals surface area contributed by atoms with Crippen LogP contribution < -0.4 is 0 Å². The number of hydrogen-bond acceptors (Lipinski definition) is 1. The number of benzene rings is 1.